The average molecular weight is 487 g/mol. The van der Waals surface area contributed by atoms with Crippen molar-refractivity contribution in [3.05, 3.63) is 76.9 Å². The van der Waals surface area contributed by atoms with E-state index in [0.717, 1.165) is 4.90 Å². The van der Waals surface area contributed by atoms with Crippen molar-refractivity contribution in [2.75, 3.05) is 0 Å². The van der Waals surface area contributed by atoms with Crippen molar-refractivity contribution in [2.24, 2.45) is 0 Å². The molecule has 0 unspecified atom stereocenters. The average Bonchev–Trinajstić information content (AvgIpc) is 2.70. The summed E-state index contributed by atoms with van der Waals surface area (Å²) in [7, 11) is 0. The van der Waals surface area contributed by atoms with Gasteiger partial charge in [0.05, 0.1) is 0 Å². The lowest BCUT2D eigenvalue weighted by Gasteiger charge is -2.31. The van der Waals surface area contributed by atoms with Crippen molar-refractivity contribution in [1.82, 2.24) is 0 Å². The molecule has 0 amide bonds. The van der Waals surface area contributed by atoms with Crippen LogP contribution in [0.3, 0.4) is 0 Å². The Morgan fingerprint density at radius 3 is 1.29 bits per heavy atom. The third-order valence-electron chi connectivity index (χ3n) is 6.91. The van der Waals surface area contributed by atoms with Crippen LogP contribution >= 0.6 is 12.6 Å². The summed E-state index contributed by atoms with van der Waals surface area (Å²) in [6.07, 6.45) is 0. The van der Waals surface area contributed by atoms with Crippen LogP contribution in [-0.2, 0) is 21.7 Å². The number of rotatable bonds is 2. The van der Waals surface area contributed by atoms with Crippen molar-refractivity contribution in [3.8, 4) is 22.3 Å². The van der Waals surface area contributed by atoms with Gasteiger partial charge >= 0.3 is 0 Å². The van der Waals surface area contributed by atoms with Crippen LogP contribution in [0.1, 0.15) is 105 Å². The molecule has 0 nitrogen and oxygen atoms in total. The molecule has 3 aromatic rings. The lowest BCUT2D eigenvalue weighted by molar-refractivity contribution is 0.530. The van der Waals surface area contributed by atoms with Gasteiger partial charge in [-0.2, -0.15) is 0 Å². The molecule has 35 heavy (non-hydrogen) atoms. The minimum absolute atomic E-state index is 0.0537. The van der Waals surface area contributed by atoms with Crippen molar-refractivity contribution in [3.63, 3.8) is 0 Å². The van der Waals surface area contributed by atoms with Gasteiger partial charge in [-0.05, 0) is 66.7 Å². The maximum atomic E-state index is 4.97. The van der Waals surface area contributed by atoms with E-state index in [-0.39, 0.29) is 21.7 Å². The van der Waals surface area contributed by atoms with Crippen molar-refractivity contribution < 1.29 is 0 Å². The summed E-state index contributed by atoms with van der Waals surface area (Å²) < 4.78 is 0. The Kier molecular flexibility index (Phi) is 7.21. The van der Waals surface area contributed by atoms with Crippen LogP contribution in [0.2, 0.25) is 0 Å². The Morgan fingerprint density at radius 1 is 0.457 bits per heavy atom. The van der Waals surface area contributed by atoms with E-state index in [1.807, 2.05) is 0 Å². The zero-order chi connectivity index (χ0) is 26.6. The molecular weight excluding hydrogens is 440 g/mol. The van der Waals surface area contributed by atoms with Gasteiger partial charge in [0.15, 0.2) is 0 Å². The molecule has 0 atom stereocenters. The second-order valence-electron chi connectivity index (χ2n) is 14.2. The van der Waals surface area contributed by atoms with Crippen molar-refractivity contribution >= 4 is 12.6 Å². The topological polar surface area (TPSA) is 0 Å². The minimum Gasteiger partial charge on any atom is -0.143 e. The zero-order valence-electron chi connectivity index (χ0n) is 24.1. The molecule has 0 saturated carbocycles. The smallest absolute Gasteiger partial charge is 0.0125 e. The lowest BCUT2D eigenvalue weighted by atomic mass is 9.73. The van der Waals surface area contributed by atoms with E-state index in [2.05, 4.69) is 138 Å². The second-order valence-corrected chi connectivity index (χ2v) is 14.7. The summed E-state index contributed by atoms with van der Waals surface area (Å²) in [4.78, 5) is 1.02. The number of benzene rings is 3. The molecular formula is C34H46S. The number of thiol groups is 1. The fourth-order valence-corrected chi connectivity index (χ4v) is 5.38. The van der Waals surface area contributed by atoms with Gasteiger partial charge in [-0.25, -0.2) is 0 Å². The van der Waals surface area contributed by atoms with Gasteiger partial charge < -0.3 is 0 Å². The first-order valence-electron chi connectivity index (χ1n) is 12.9. The minimum atomic E-state index is 0.0537. The van der Waals surface area contributed by atoms with E-state index in [1.54, 1.807) is 0 Å². The third-order valence-corrected chi connectivity index (χ3v) is 7.29. The van der Waals surface area contributed by atoms with Gasteiger partial charge in [0.25, 0.3) is 0 Å². The first-order chi connectivity index (χ1) is 15.8. The molecule has 1 heteroatoms. The molecule has 0 N–H and O–H groups in total. The van der Waals surface area contributed by atoms with Gasteiger partial charge in [0, 0.05) is 10.5 Å². The molecule has 3 aromatic carbocycles. The Hall–Kier alpha value is -1.99. The summed E-state index contributed by atoms with van der Waals surface area (Å²) in [5.74, 6) is 0. The summed E-state index contributed by atoms with van der Waals surface area (Å²) in [6.45, 7) is 27.7. The van der Waals surface area contributed by atoms with Gasteiger partial charge in [-0.3, -0.25) is 0 Å². The zero-order valence-corrected chi connectivity index (χ0v) is 25.0. The van der Waals surface area contributed by atoms with E-state index in [1.165, 1.54) is 44.5 Å². The Labute approximate surface area is 221 Å². The van der Waals surface area contributed by atoms with E-state index >= 15 is 0 Å². The Balaban J connectivity index is 2.32. The van der Waals surface area contributed by atoms with Crippen molar-refractivity contribution in [2.45, 2.75) is 110 Å². The van der Waals surface area contributed by atoms with Crippen LogP contribution in [0, 0.1) is 0 Å². The van der Waals surface area contributed by atoms with Crippen LogP contribution in [0.25, 0.3) is 22.3 Å². The maximum absolute atomic E-state index is 4.97. The molecule has 0 aliphatic rings. The largest absolute Gasteiger partial charge is 0.143 e. The van der Waals surface area contributed by atoms with Crippen LogP contribution in [-0.4, -0.2) is 0 Å². The quantitative estimate of drug-likeness (QED) is 0.342. The summed E-state index contributed by atoms with van der Waals surface area (Å²) in [6, 6.07) is 20.6. The van der Waals surface area contributed by atoms with Crippen LogP contribution < -0.4 is 0 Å². The molecule has 0 heterocycles. The lowest BCUT2D eigenvalue weighted by Crippen LogP contribution is -2.22. The van der Waals surface area contributed by atoms with Gasteiger partial charge in [-0.15, -0.1) is 12.6 Å². The van der Waals surface area contributed by atoms with Crippen molar-refractivity contribution in [1.29, 1.82) is 0 Å². The molecule has 3 rings (SSSR count). The molecule has 0 radical (unpaired) electrons. The van der Waals surface area contributed by atoms with E-state index < -0.39 is 0 Å². The summed E-state index contributed by atoms with van der Waals surface area (Å²) in [5, 5.41) is 0. The molecule has 0 bridgehead atoms. The number of hydrogen-bond acceptors (Lipinski definition) is 1. The molecule has 0 aliphatic carbocycles. The molecule has 0 aliphatic heterocycles. The highest BCUT2D eigenvalue weighted by molar-refractivity contribution is 7.80. The Bertz CT molecular complexity index is 1220. The highest BCUT2D eigenvalue weighted by atomic mass is 32.1. The van der Waals surface area contributed by atoms with Crippen LogP contribution in [0.5, 0.6) is 0 Å². The first-order valence-corrected chi connectivity index (χ1v) is 13.4. The third kappa shape index (κ3) is 5.88. The predicted octanol–water partition coefficient (Wildman–Crippen LogP) is 10.5. The molecule has 0 spiro atoms. The highest BCUT2D eigenvalue weighted by Crippen LogP contribution is 2.43. The summed E-state index contributed by atoms with van der Waals surface area (Å²) >= 11 is 4.97. The van der Waals surface area contributed by atoms with Gasteiger partial charge in [-0.1, -0.05) is 132 Å². The molecule has 0 aromatic heterocycles. The SMILES string of the molecule is CC(C)(C)c1ccc(-c2cccc(S)c2-c2ccc(C(C)(C)C)c(C(C)(C)C)c2)cc1C(C)(C)C. The van der Waals surface area contributed by atoms with Gasteiger partial charge in [0.2, 0.25) is 0 Å². The second kappa shape index (κ2) is 9.15. The maximum Gasteiger partial charge on any atom is 0.0125 e. The highest BCUT2D eigenvalue weighted by Gasteiger charge is 2.28. The predicted molar refractivity (Wildman–Crippen MR) is 159 cm³/mol. The fourth-order valence-electron chi connectivity index (χ4n) is 5.04. The van der Waals surface area contributed by atoms with Crippen LogP contribution in [0.4, 0.5) is 0 Å². The number of hydrogen-bond donors (Lipinski definition) is 1. The van der Waals surface area contributed by atoms with E-state index in [4.69, 9.17) is 12.6 Å². The van der Waals surface area contributed by atoms with Gasteiger partial charge in [0.1, 0.15) is 0 Å². The first kappa shape index (κ1) is 27.6. The van der Waals surface area contributed by atoms with Crippen LogP contribution in [0.15, 0.2) is 59.5 Å². The Morgan fingerprint density at radius 2 is 0.857 bits per heavy atom. The molecule has 0 fully saturated rings. The summed E-state index contributed by atoms with van der Waals surface area (Å²) in [5.41, 5.74) is 10.9. The van der Waals surface area contributed by atoms with E-state index in [0.29, 0.717) is 0 Å². The normalized spacial score (nSPS) is 13.3. The molecule has 0 saturated heterocycles. The molecule has 188 valence electrons. The standard InChI is InChI=1S/C34H46S/c1-31(2,3)25-18-16-22(20-27(25)33(7,8)9)24-14-13-15-29(35)30(24)23-17-19-26(32(4,5)6)28(21-23)34(10,11)12/h13-21,35H,1-12H3. The van der Waals surface area contributed by atoms with E-state index in [9.17, 15) is 0 Å². The fraction of sp³-hybridized carbons (Fsp3) is 0.471. The monoisotopic (exact) mass is 486 g/mol.